The number of nitrogens with zero attached hydrogens (tertiary/aromatic N) is 1. The molecular formula is C18H15BrN2O3. The van der Waals surface area contributed by atoms with E-state index in [1.807, 2.05) is 48.5 Å². The molecule has 0 saturated heterocycles. The molecule has 122 valence electrons. The summed E-state index contributed by atoms with van der Waals surface area (Å²) < 4.78 is 11.9. The average molecular weight is 387 g/mol. The molecule has 2 aromatic carbocycles. The van der Waals surface area contributed by atoms with Gasteiger partial charge in [-0.15, -0.1) is 0 Å². The molecule has 0 aromatic heterocycles. The molecule has 1 aliphatic heterocycles. The van der Waals surface area contributed by atoms with Crippen LogP contribution in [0.3, 0.4) is 0 Å². The summed E-state index contributed by atoms with van der Waals surface area (Å²) in [6, 6.07) is 17.0. The van der Waals surface area contributed by atoms with E-state index in [9.17, 15) is 4.79 Å². The van der Waals surface area contributed by atoms with Gasteiger partial charge >= 0.3 is 0 Å². The number of para-hydroxylation sites is 2. The third-order valence-corrected chi connectivity index (χ3v) is 3.70. The van der Waals surface area contributed by atoms with Gasteiger partial charge in [-0.3, -0.25) is 4.79 Å². The summed E-state index contributed by atoms with van der Waals surface area (Å²) in [5.41, 5.74) is 3.48. The zero-order valence-electron chi connectivity index (χ0n) is 12.7. The molecule has 0 saturated carbocycles. The zero-order chi connectivity index (χ0) is 16.8. The number of hydrazone groups is 1. The number of allylic oxidation sites excluding steroid dienone is 1. The first-order valence-corrected chi connectivity index (χ1v) is 8.15. The number of ether oxygens (including phenoxy) is 2. The van der Waals surface area contributed by atoms with E-state index in [1.54, 1.807) is 12.1 Å². The molecule has 3 rings (SSSR count). The first-order chi connectivity index (χ1) is 11.7. The average Bonchev–Trinajstić information content (AvgIpc) is 2.62. The second kappa shape index (κ2) is 7.79. The number of hydrogen-bond donors (Lipinski definition) is 1. The van der Waals surface area contributed by atoms with Crippen molar-refractivity contribution in [2.24, 2.45) is 5.10 Å². The molecule has 5 nitrogen and oxygen atoms in total. The topological polar surface area (TPSA) is 59.9 Å². The van der Waals surface area contributed by atoms with Crippen LogP contribution in [0.5, 0.6) is 11.5 Å². The second-order valence-electron chi connectivity index (χ2n) is 5.04. The van der Waals surface area contributed by atoms with Gasteiger partial charge in [0.1, 0.15) is 6.61 Å². The molecule has 0 radical (unpaired) electrons. The van der Waals surface area contributed by atoms with Crippen molar-refractivity contribution >= 4 is 34.1 Å². The largest absolute Gasteiger partial charge is 0.485 e. The summed E-state index contributed by atoms with van der Waals surface area (Å²) in [7, 11) is 0. The lowest BCUT2D eigenvalue weighted by molar-refractivity contribution is -0.130. The first-order valence-electron chi connectivity index (χ1n) is 7.36. The quantitative estimate of drug-likeness (QED) is 0.647. The normalized spacial score (nSPS) is 16.9. The Bertz CT molecular complexity index is 775. The monoisotopic (exact) mass is 386 g/mol. The van der Waals surface area contributed by atoms with Gasteiger partial charge in [0.05, 0.1) is 6.21 Å². The van der Waals surface area contributed by atoms with Gasteiger partial charge in [0.2, 0.25) is 6.10 Å². The Morgan fingerprint density at radius 3 is 2.62 bits per heavy atom. The molecule has 6 heteroatoms. The van der Waals surface area contributed by atoms with Crippen molar-refractivity contribution in [3.05, 3.63) is 64.6 Å². The fourth-order valence-electron chi connectivity index (χ4n) is 2.12. The van der Waals surface area contributed by atoms with Crippen molar-refractivity contribution in [3.63, 3.8) is 0 Å². The molecule has 0 unspecified atom stereocenters. The minimum absolute atomic E-state index is 0.152. The molecule has 1 aliphatic rings. The number of halogens is 1. The van der Waals surface area contributed by atoms with Gasteiger partial charge in [-0.25, -0.2) is 5.43 Å². The third kappa shape index (κ3) is 4.23. The summed E-state index contributed by atoms with van der Waals surface area (Å²) in [6.45, 7) is 0.152. The fraction of sp³-hybridized carbons (Fsp3) is 0.111. The summed E-state index contributed by atoms with van der Waals surface area (Å²) in [4.78, 5) is 12.1. The second-order valence-corrected chi connectivity index (χ2v) is 5.95. The summed E-state index contributed by atoms with van der Waals surface area (Å²) >= 11 is 3.39. The van der Waals surface area contributed by atoms with Crippen LogP contribution >= 0.6 is 15.9 Å². The molecule has 0 fully saturated rings. The number of hydrogen-bond acceptors (Lipinski definition) is 4. The molecular weight excluding hydrogens is 372 g/mol. The Morgan fingerprint density at radius 1 is 1.12 bits per heavy atom. The SMILES string of the molecule is O=C(NN=C/C(Br)=C/c1ccccc1)[C@@H]1COc2ccccc2O1. The van der Waals surface area contributed by atoms with E-state index in [1.165, 1.54) is 6.21 Å². The Morgan fingerprint density at radius 2 is 1.83 bits per heavy atom. The van der Waals surface area contributed by atoms with E-state index in [2.05, 4.69) is 26.5 Å². The predicted octanol–water partition coefficient (Wildman–Crippen LogP) is 3.36. The highest BCUT2D eigenvalue weighted by Gasteiger charge is 2.26. The van der Waals surface area contributed by atoms with Crippen LogP contribution in [0, 0.1) is 0 Å². The molecule has 1 atom stereocenters. The van der Waals surface area contributed by atoms with Crippen molar-refractivity contribution < 1.29 is 14.3 Å². The molecule has 0 spiro atoms. The number of rotatable bonds is 4. The Hall–Kier alpha value is -2.60. The third-order valence-electron chi connectivity index (χ3n) is 3.27. The maximum Gasteiger partial charge on any atom is 0.284 e. The number of fused-ring (bicyclic) bond motifs is 1. The lowest BCUT2D eigenvalue weighted by Gasteiger charge is -2.24. The molecule has 24 heavy (non-hydrogen) atoms. The Kier molecular flexibility index (Phi) is 5.28. The van der Waals surface area contributed by atoms with Gasteiger partial charge in [0, 0.05) is 4.48 Å². The Balaban J connectivity index is 1.55. The minimum Gasteiger partial charge on any atom is -0.485 e. The van der Waals surface area contributed by atoms with Gasteiger partial charge in [-0.2, -0.15) is 5.10 Å². The van der Waals surface area contributed by atoms with Crippen LogP contribution in [0.15, 0.2) is 64.2 Å². The summed E-state index contributed by atoms with van der Waals surface area (Å²) in [6.07, 6.45) is 2.68. The molecule has 1 N–H and O–H groups in total. The van der Waals surface area contributed by atoms with Gasteiger partial charge < -0.3 is 9.47 Å². The van der Waals surface area contributed by atoms with Crippen molar-refractivity contribution in [2.45, 2.75) is 6.10 Å². The van der Waals surface area contributed by atoms with Crippen LogP contribution in [0.2, 0.25) is 0 Å². The van der Waals surface area contributed by atoms with Gasteiger partial charge in [-0.05, 0) is 39.7 Å². The maximum absolute atomic E-state index is 12.1. The van der Waals surface area contributed by atoms with Crippen LogP contribution in [-0.2, 0) is 4.79 Å². The van der Waals surface area contributed by atoms with Crippen LogP contribution in [-0.4, -0.2) is 24.8 Å². The molecule has 2 aromatic rings. The van der Waals surface area contributed by atoms with Crippen LogP contribution in [0.1, 0.15) is 5.56 Å². The number of nitrogens with one attached hydrogen (secondary N) is 1. The van der Waals surface area contributed by atoms with Crippen molar-refractivity contribution in [1.82, 2.24) is 5.43 Å². The van der Waals surface area contributed by atoms with E-state index in [4.69, 9.17) is 9.47 Å². The molecule has 1 heterocycles. The predicted molar refractivity (Wildman–Crippen MR) is 96.3 cm³/mol. The van der Waals surface area contributed by atoms with Gasteiger partial charge in [0.25, 0.3) is 5.91 Å². The van der Waals surface area contributed by atoms with E-state index >= 15 is 0 Å². The van der Waals surface area contributed by atoms with Crippen LogP contribution in [0.4, 0.5) is 0 Å². The van der Waals surface area contributed by atoms with E-state index < -0.39 is 6.10 Å². The van der Waals surface area contributed by atoms with E-state index in [-0.39, 0.29) is 12.5 Å². The summed E-state index contributed by atoms with van der Waals surface area (Å²) in [5, 5.41) is 3.92. The molecule has 1 amide bonds. The van der Waals surface area contributed by atoms with Crippen molar-refractivity contribution in [2.75, 3.05) is 6.61 Å². The van der Waals surface area contributed by atoms with E-state index in [0.717, 1.165) is 10.0 Å². The maximum atomic E-state index is 12.1. The lowest BCUT2D eigenvalue weighted by atomic mass is 10.2. The highest BCUT2D eigenvalue weighted by atomic mass is 79.9. The number of carbonyl (C=O) groups is 1. The fourth-order valence-corrected chi connectivity index (χ4v) is 2.49. The highest BCUT2D eigenvalue weighted by molar-refractivity contribution is 9.12. The molecule has 0 aliphatic carbocycles. The van der Waals surface area contributed by atoms with Gasteiger partial charge in [0.15, 0.2) is 11.5 Å². The molecule has 0 bridgehead atoms. The number of benzene rings is 2. The van der Waals surface area contributed by atoms with E-state index in [0.29, 0.717) is 11.5 Å². The highest BCUT2D eigenvalue weighted by Crippen LogP contribution is 2.30. The minimum atomic E-state index is -0.728. The summed E-state index contributed by atoms with van der Waals surface area (Å²) in [5.74, 6) is 0.831. The number of amides is 1. The van der Waals surface area contributed by atoms with Crippen molar-refractivity contribution in [1.29, 1.82) is 0 Å². The zero-order valence-corrected chi connectivity index (χ0v) is 14.3. The first kappa shape index (κ1) is 16.3. The van der Waals surface area contributed by atoms with Crippen LogP contribution < -0.4 is 14.9 Å². The van der Waals surface area contributed by atoms with Crippen molar-refractivity contribution in [3.8, 4) is 11.5 Å². The smallest absolute Gasteiger partial charge is 0.284 e. The standard InChI is InChI=1S/C18H15BrN2O3/c19-14(10-13-6-2-1-3-7-13)11-20-21-18(22)17-12-23-15-8-4-5-9-16(15)24-17/h1-11,17H,12H2,(H,21,22)/b14-10-,20-11?/t17-/m0/s1. The Labute approximate surface area is 148 Å². The number of carbonyl (C=O) groups excluding carboxylic acids is 1. The van der Waals surface area contributed by atoms with Gasteiger partial charge in [-0.1, -0.05) is 42.5 Å². The lowest BCUT2D eigenvalue weighted by Crippen LogP contribution is -2.42. The van der Waals surface area contributed by atoms with Crippen LogP contribution in [0.25, 0.3) is 6.08 Å².